The van der Waals surface area contributed by atoms with Gasteiger partial charge >= 0.3 is 0 Å². The summed E-state index contributed by atoms with van der Waals surface area (Å²) in [7, 11) is 4.81. The zero-order valence-electron chi connectivity index (χ0n) is 11.7. The molecule has 0 radical (unpaired) electrons. The Morgan fingerprint density at radius 1 is 1.21 bits per heavy atom. The second-order valence-electron chi connectivity index (χ2n) is 4.31. The average Bonchev–Trinajstić information content (AvgIpc) is 2.38. The van der Waals surface area contributed by atoms with E-state index < -0.39 is 0 Å². The monoisotopic (exact) mass is 265 g/mol. The molecule has 0 N–H and O–H groups in total. The number of amides is 1. The summed E-state index contributed by atoms with van der Waals surface area (Å²) in [5.41, 5.74) is 0.864. The lowest BCUT2D eigenvalue weighted by atomic mass is 10.1. The van der Waals surface area contributed by atoms with Crippen molar-refractivity contribution in [2.24, 2.45) is 0 Å². The number of carbonyl (C=O) groups is 2. The van der Waals surface area contributed by atoms with E-state index in [4.69, 9.17) is 9.47 Å². The highest BCUT2D eigenvalue weighted by Crippen LogP contribution is 2.25. The number of benzene rings is 1. The fourth-order valence-corrected chi connectivity index (χ4v) is 1.67. The molecule has 1 rings (SSSR count). The first-order valence-electron chi connectivity index (χ1n) is 5.92. The lowest BCUT2D eigenvalue weighted by molar-refractivity contribution is -0.134. The Kier molecular flexibility index (Phi) is 5.36. The van der Waals surface area contributed by atoms with Crippen LogP contribution in [-0.2, 0) is 16.1 Å². The van der Waals surface area contributed by atoms with E-state index in [-0.39, 0.29) is 18.1 Å². The first-order valence-corrected chi connectivity index (χ1v) is 5.92. The molecule has 0 atom stereocenters. The zero-order valence-corrected chi connectivity index (χ0v) is 11.7. The van der Waals surface area contributed by atoms with Crippen molar-refractivity contribution >= 4 is 11.7 Å². The molecule has 0 heterocycles. The summed E-state index contributed by atoms with van der Waals surface area (Å²) in [4.78, 5) is 24.2. The molecule has 0 aromatic heterocycles. The van der Waals surface area contributed by atoms with Crippen molar-refractivity contribution in [3.63, 3.8) is 0 Å². The van der Waals surface area contributed by atoms with Crippen molar-refractivity contribution in [1.29, 1.82) is 0 Å². The molecule has 0 saturated carbocycles. The van der Waals surface area contributed by atoms with Crippen LogP contribution >= 0.6 is 0 Å². The maximum Gasteiger partial charge on any atom is 0.230 e. The van der Waals surface area contributed by atoms with Crippen molar-refractivity contribution in [2.45, 2.75) is 19.9 Å². The number of ketones is 1. The fourth-order valence-electron chi connectivity index (χ4n) is 1.67. The van der Waals surface area contributed by atoms with E-state index in [1.165, 1.54) is 11.8 Å². The van der Waals surface area contributed by atoms with E-state index in [1.807, 2.05) is 6.07 Å². The molecule has 5 heteroatoms. The van der Waals surface area contributed by atoms with Crippen LogP contribution in [0.15, 0.2) is 18.2 Å². The summed E-state index contributed by atoms with van der Waals surface area (Å²) in [6.07, 6.45) is -0.0744. The van der Waals surface area contributed by atoms with Crippen molar-refractivity contribution in [3.05, 3.63) is 23.8 Å². The smallest absolute Gasteiger partial charge is 0.230 e. The number of carbonyl (C=O) groups excluding carboxylic acids is 2. The lowest BCUT2D eigenvalue weighted by Gasteiger charge is -2.18. The summed E-state index contributed by atoms with van der Waals surface area (Å²) >= 11 is 0. The Bertz CT molecular complexity index is 471. The minimum atomic E-state index is -0.203. The van der Waals surface area contributed by atoms with Crippen molar-refractivity contribution < 1.29 is 19.1 Å². The fraction of sp³-hybridized carbons (Fsp3) is 0.429. The molecule has 0 unspecified atom stereocenters. The van der Waals surface area contributed by atoms with Gasteiger partial charge in [0.2, 0.25) is 5.91 Å². The normalized spacial score (nSPS) is 9.89. The molecular weight excluding hydrogens is 246 g/mol. The van der Waals surface area contributed by atoms with Gasteiger partial charge in [-0.1, -0.05) is 0 Å². The molecule has 0 spiro atoms. The van der Waals surface area contributed by atoms with Crippen LogP contribution in [0.1, 0.15) is 18.9 Å². The first-order chi connectivity index (χ1) is 8.97. The van der Waals surface area contributed by atoms with Gasteiger partial charge in [-0.25, -0.2) is 0 Å². The lowest BCUT2D eigenvalue weighted by Crippen LogP contribution is -2.27. The van der Waals surface area contributed by atoms with Crippen molar-refractivity contribution in [2.75, 3.05) is 21.3 Å². The maximum absolute atomic E-state index is 11.7. The van der Waals surface area contributed by atoms with Gasteiger partial charge in [-0.3, -0.25) is 9.59 Å². The van der Waals surface area contributed by atoms with Crippen LogP contribution < -0.4 is 9.47 Å². The van der Waals surface area contributed by atoms with Gasteiger partial charge in [0, 0.05) is 25.2 Å². The van der Waals surface area contributed by atoms with Gasteiger partial charge in [0.05, 0.1) is 20.6 Å². The average molecular weight is 265 g/mol. The van der Waals surface area contributed by atoms with E-state index in [1.54, 1.807) is 33.4 Å². The third-order valence-electron chi connectivity index (χ3n) is 2.73. The largest absolute Gasteiger partial charge is 0.497 e. The first kappa shape index (κ1) is 15.0. The summed E-state index contributed by atoms with van der Waals surface area (Å²) < 4.78 is 10.4. The molecular formula is C14H19NO4. The van der Waals surface area contributed by atoms with E-state index in [9.17, 15) is 9.59 Å². The Morgan fingerprint density at radius 3 is 2.42 bits per heavy atom. The van der Waals surface area contributed by atoms with Crippen LogP contribution in [0.5, 0.6) is 11.5 Å². The maximum atomic E-state index is 11.7. The summed E-state index contributed by atoms with van der Waals surface area (Å²) in [5.74, 6) is 1.00. The summed E-state index contributed by atoms with van der Waals surface area (Å²) in [6, 6.07) is 5.41. The van der Waals surface area contributed by atoms with Crippen LogP contribution in [0.3, 0.4) is 0 Å². The second kappa shape index (κ2) is 6.78. The molecule has 0 bridgehead atoms. The van der Waals surface area contributed by atoms with Gasteiger partial charge in [-0.2, -0.15) is 0 Å². The second-order valence-corrected chi connectivity index (χ2v) is 4.31. The van der Waals surface area contributed by atoms with Crippen LogP contribution in [0.2, 0.25) is 0 Å². The molecule has 0 fully saturated rings. The Hall–Kier alpha value is -2.04. The van der Waals surface area contributed by atoms with Crippen LogP contribution in [0, 0.1) is 0 Å². The molecule has 19 heavy (non-hydrogen) atoms. The van der Waals surface area contributed by atoms with Crippen LogP contribution in [-0.4, -0.2) is 37.9 Å². The molecule has 0 aliphatic rings. The topological polar surface area (TPSA) is 55.8 Å². The molecule has 5 nitrogen and oxygen atoms in total. The molecule has 0 saturated heterocycles. The standard InChI is InChI=1S/C14H19NO4/c1-10(16)7-14(17)15(2)9-11-5-6-12(18-3)8-13(11)19-4/h5-6,8H,7,9H2,1-4H3. The van der Waals surface area contributed by atoms with Gasteiger partial charge in [0.15, 0.2) is 0 Å². The minimum Gasteiger partial charge on any atom is -0.497 e. The number of nitrogens with zero attached hydrogens (tertiary/aromatic N) is 1. The number of methoxy groups -OCH3 is 2. The molecule has 1 aromatic rings. The third kappa shape index (κ3) is 4.28. The van der Waals surface area contributed by atoms with Crippen LogP contribution in [0.4, 0.5) is 0 Å². The van der Waals surface area contributed by atoms with E-state index >= 15 is 0 Å². The number of hydrogen-bond donors (Lipinski definition) is 0. The molecule has 0 aliphatic heterocycles. The van der Waals surface area contributed by atoms with Crippen LogP contribution in [0.25, 0.3) is 0 Å². The van der Waals surface area contributed by atoms with E-state index in [0.717, 1.165) is 5.56 Å². The summed E-state index contributed by atoms with van der Waals surface area (Å²) in [5, 5.41) is 0. The Balaban J connectivity index is 2.81. The molecule has 0 aliphatic carbocycles. The molecule has 1 amide bonds. The van der Waals surface area contributed by atoms with E-state index in [0.29, 0.717) is 18.0 Å². The minimum absolute atomic E-state index is 0.0744. The number of ether oxygens (including phenoxy) is 2. The van der Waals surface area contributed by atoms with Gasteiger partial charge in [-0.05, 0) is 19.1 Å². The number of rotatable bonds is 6. The quantitative estimate of drug-likeness (QED) is 0.734. The highest BCUT2D eigenvalue weighted by molar-refractivity contribution is 5.96. The predicted molar refractivity (Wildman–Crippen MR) is 71.3 cm³/mol. The van der Waals surface area contributed by atoms with Crippen molar-refractivity contribution in [1.82, 2.24) is 4.90 Å². The zero-order chi connectivity index (χ0) is 14.4. The van der Waals surface area contributed by atoms with Crippen molar-refractivity contribution in [3.8, 4) is 11.5 Å². The Labute approximate surface area is 113 Å². The van der Waals surface area contributed by atoms with Gasteiger partial charge in [-0.15, -0.1) is 0 Å². The summed E-state index contributed by atoms with van der Waals surface area (Å²) in [6.45, 7) is 1.79. The van der Waals surface area contributed by atoms with Gasteiger partial charge in [0.25, 0.3) is 0 Å². The highest BCUT2D eigenvalue weighted by atomic mass is 16.5. The molecule has 1 aromatic carbocycles. The Morgan fingerprint density at radius 2 is 1.89 bits per heavy atom. The van der Waals surface area contributed by atoms with Gasteiger partial charge < -0.3 is 14.4 Å². The number of Topliss-reactive ketones (excluding diaryl/α,β-unsaturated/α-hetero) is 1. The van der Waals surface area contributed by atoms with Gasteiger partial charge in [0.1, 0.15) is 17.3 Å². The third-order valence-corrected chi connectivity index (χ3v) is 2.73. The molecule has 104 valence electrons. The number of hydrogen-bond acceptors (Lipinski definition) is 4. The highest BCUT2D eigenvalue weighted by Gasteiger charge is 2.14. The predicted octanol–water partition coefficient (Wildman–Crippen LogP) is 1.64. The SMILES string of the molecule is COc1ccc(CN(C)C(=O)CC(C)=O)c(OC)c1. The van der Waals surface area contributed by atoms with E-state index in [2.05, 4.69) is 0 Å².